The molecule has 2 aliphatic carbocycles. The maximum atomic E-state index is 13.3. The number of aliphatic hydroxyl groups is 1. The Morgan fingerprint density at radius 3 is 2.77 bits per heavy atom. The Balaban J connectivity index is 1.32. The van der Waals surface area contributed by atoms with Crippen LogP contribution in [0.25, 0.3) is 0 Å². The molecule has 4 bridgehead atoms. The van der Waals surface area contributed by atoms with Crippen LogP contribution >= 0.6 is 11.6 Å². The summed E-state index contributed by atoms with van der Waals surface area (Å²) in [7, 11) is 1.70. The highest BCUT2D eigenvalue weighted by atomic mass is 35.5. The molecule has 1 spiro atoms. The van der Waals surface area contributed by atoms with Gasteiger partial charge in [-0.25, -0.2) is 4.79 Å². The van der Waals surface area contributed by atoms with E-state index in [1.165, 1.54) is 11.1 Å². The molecule has 1 saturated heterocycles. The number of carboxylic acid groups (broad SMARTS) is 1. The number of hydrogen-bond acceptors (Lipinski definition) is 6. The Morgan fingerprint density at radius 1 is 1.11 bits per heavy atom. The van der Waals surface area contributed by atoms with Crippen LogP contribution in [0.3, 0.4) is 0 Å². The lowest BCUT2D eigenvalue weighted by Gasteiger charge is -2.48. The number of halogens is 1. The van der Waals surface area contributed by atoms with Crippen molar-refractivity contribution in [1.82, 2.24) is 4.90 Å². The predicted octanol–water partition coefficient (Wildman–Crippen LogP) is 5.16. The standard InChI is InChI=1S/C35H43ClN2O6/c1-37-13-10-22-11-14-43-31(15-22)27-7-4-24(27)19-38-20-34(12-2-3-23-16-26(36)6-8-28(23)34)21-44-30-9-5-25(17-29(30)38)35(42,33(40)41)18-32(37)39/h5-6,8-9,16-17,22,24,27,31,42H,2-4,7,10-15,18-21H2,1H3,(H,40,41). The zero-order valence-corrected chi connectivity index (χ0v) is 26.2. The SMILES string of the molecule is CN1CCC2CCOC(C2)C2CCC2CN2CC3(CCCc4cc(Cl)ccc43)COc3ccc(cc32)C(O)(C(=O)O)CC1=O. The Bertz CT molecular complexity index is 1450. The number of anilines is 1. The number of benzene rings is 2. The van der Waals surface area contributed by atoms with Gasteiger partial charge in [-0.3, -0.25) is 4.79 Å². The molecular weight excluding hydrogens is 580 g/mol. The molecule has 9 heteroatoms. The summed E-state index contributed by atoms with van der Waals surface area (Å²) in [5.41, 5.74) is 0.895. The number of aliphatic carboxylic acids is 1. The highest BCUT2D eigenvalue weighted by Gasteiger charge is 2.47. The minimum atomic E-state index is -2.36. The molecule has 5 aliphatic rings. The molecule has 8 nitrogen and oxygen atoms in total. The summed E-state index contributed by atoms with van der Waals surface area (Å²) in [6, 6.07) is 11.4. The molecule has 3 heterocycles. The van der Waals surface area contributed by atoms with E-state index in [1.54, 1.807) is 30.1 Å². The van der Waals surface area contributed by atoms with E-state index in [0.717, 1.165) is 75.2 Å². The number of fused-ring (bicyclic) bond motifs is 7. The summed E-state index contributed by atoms with van der Waals surface area (Å²) < 4.78 is 13.0. The number of ether oxygens (including phenoxy) is 2. The van der Waals surface area contributed by atoms with Gasteiger partial charge in [-0.15, -0.1) is 0 Å². The monoisotopic (exact) mass is 622 g/mol. The molecule has 2 aromatic rings. The Hall–Kier alpha value is -2.81. The largest absolute Gasteiger partial charge is 0.490 e. The van der Waals surface area contributed by atoms with Crippen molar-refractivity contribution in [3.05, 3.63) is 58.1 Å². The zero-order valence-electron chi connectivity index (χ0n) is 25.5. The van der Waals surface area contributed by atoms with Gasteiger partial charge in [-0.1, -0.05) is 23.7 Å². The first kappa shape index (κ1) is 29.9. The van der Waals surface area contributed by atoms with Gasteiger partial charge in [-0.05, 0) is 110 Å². The van der Waals surface area contributed by atoms with Crippen LogP contribution in [0.15, 0.2) is 36.4 Å². The summed E-state index contributed by atoms with van der Waals surface area (Å²) in [4.78, 5) is 29.9. The van der Waals surface area contributed by atoms with E-state index in [1.807, 2.05) is 6.07 Å². The van der Waals surface area contributed by atoms with Gasteiger partial charge in [0.1, 0.15) is 5.75 Å². The summed E-state index contributed by atoms with van der Waals surface area (Å²) in [6.45, 7) is 3.27. The van der Waals surface area contributed by atoms with Crippen LogP contribution in [0.5, 0.6) is 5.75 Å². The molecule has 2 fully saturated rings. The molecule has 236 valence electrons. The molecule has 0 aromatic heterocycles. The molecular formula is C35H43ClN2O6. The third-order valence-corrected chi connectivity index (χ3v) is 11.6. The second-order valence-electron chi connectivity index (χ2n) is 14.0. The number of rotatable bonds is 1. The highest BCUT2D eigenvalue weighted by Crippen LogP contribution is 2.48. The topological polar surface area (TPSA) is 99.5 Å². The molecule has 1 amide bonds. The van der Waals surface area contributed by atoms with Crippen molar-refractivity contribution in [3.63, 3.8) is 0 Å². The van der Waals surface area contributed by atoms with Crippen LogP contribution < -0.4 is 9.64 Å². The van der Waals surface area contributed by atoms with Crippen molar-refractivity contribution >= 4 is 29.2 Å². The van der Waals surface area contributed by atoms with Crippen molar-refractivity contribution in [2.45, 2.75) is 74.9 Å². The van der Waals surface area contributed by atoms with E-state index in [4.69, 9.17) is 21.1 Å². The maximum Gasteiger partial charge on any atom is 0.340 e. The van der Waals surface area contributed by atoms with Crippen LogP contribution in [-0.2, 0) is 31.8 Å². The van der Waals surface area contributed by atoms with Gasteiger partial charge in [0.15, 0.2) is 5.60 Å². The first-order chi connectivity index (χ1) is 21.1. The van der Waals surface area contributed by atoms with Gasteiger partial charge in [0.05, 0.1) is 24.8 Å². The molecule has 3 aliphatic heterocycles. The van der Waals surface area contributed by atoms with Gasteiger partial charge < -0.3 is 29.5 Å². The first-order valence-corrected chi connectivity index (χ1v) is 16.7. The zero-order chi connectivity index (χ0) is 30.6. The van der Waals surface area contributed by atoms with Gasteiger partial charge in [-0.2, -0.15) is 0 Å². The van der Waals surface area contributed by atoms with E-state index in [2.05, 4.69) is 17.0 Å². The molecule has 44 heavy (non-hydrogen) atoms. The number of carbonyl (C=O) groups is 2. The van der Waals surface area contributed by atoms with Crippen LogP contribution in [-0.4, -0.2) is 73.0 Å². The fraction of sp³-hybridized carbons (Fsp3) is 0.600. The van der Waals surface area contributed by atoms with Crippen molar-refractivity contribution in [2.75, 3.05) is 44.8 Å². The fourth-order valence-electron chi connectivity index (χ4n) is 8.58. The normalized spacial score (nSPS) is 33.8. The average Bonchev–Trinajstić information content (AvgIpc) is 3.14. The number of carboxylic acids is 1. The molecule has 6 unspecified atom stereocenters. The lowest BCUT2D eigenvalue weighted by molar-refractivity contribution is -0.164. The summed E-state index contributed by atoms with van der Waals surface area (Å²) in [5.74, 6) is 0.219. The van der Waals surface area contributed by atoms with Crippen molar-refractivity contribution in [1.29, 1.82) is 0 Å². The summed E-state index contributed by atoms with van der Waals surface area (Å²) >= 11 is 6.43. The number of hydrogen-bond donors (Lipinski definition) is 2. The number of amides is 1. The van der Waals surface area contributed by atoms with Crippen LogP contribution in [0, 0.1) is 17.8 Å². The Labute approximate surface area is 264 Å². The van der Waals surface area contributed by atoms with Gasteiger partial charge >= 0.3 is 5.97 Å². The minimum Gasteiger partial charge on any atom is -0.490 e. The summed E-state index contributed by atoms with van der Waals surface area (Å²) in [6.07, 6.45) is 7.75. The van der Waals surface area contributed by atoms with E-state index in [-0.39, 0.29) is 23.0 Å². The molecule has 2 aromatic carbocycles. The first-order valence-electron chi connectivity index (χ1n) is 16.3. The maximum absolute atomic E-state index is 13.3. The Kier molecular flexibility index (Phi) is 7.82. The second-order valence-corrected chi connectivity index (χ2v) is 14.5. The molecule has 1 saturated carbocycles. The predicted molar refractivity (Wildman–Crippen MR) is 167 cm³/mol. The number of nitrogens with zero attached hydrogens (tertiary/aromatic N) is 2. The lowest BCUT2D eigenvalue weighted by atomic mass is 9.67. The summed E-state index contributed by atoms with van der Waals surface area (Å²) in [5, 5.41) is 22.7. The second kappa shape index (κ2) is 11.5. The van der Waals surface area contributed by atoms with E-state index in [9.17, 15) is 19.8 Å². The smallest absolute Gasteiger partial charge is 0.340 e. The Morgan fingerprint density at radius 2 is 1.98 bits per heavy atom. The minimum absolute atomic E-state index is 0.198. The van der Waals surface area contributed by atoms with Gasteiger partial charge in [0.2, 0.25) is 5.91 Å². The third kappa shape index (κ3) is 5.27. The van der Waals surface area contributed by atoms with Gasteiger partial charge in [0.25, 0.3) is 0 Å². The highest BCUT2D eigenvalue weighted by molar-refractivity contribution is 6.30. The fourth-order valence-corrected chi connectivity index (χ4v) is 8.78. The van der Waals surface area contributed by atoms with Crippen LogP contribution in [0.4, 0.5) is 5.69 Å². The van der Waals surface area contributed by atoms with E-state index < -0.39 is 18.0 Å². The van der Waals surface area contributed by atoms with Crippen molar-refractivity contribution in [3.8, 4) is 5.75 Å². The average molecular weight is 623 g/mol. The van der Waals surface area contributed by atoms with Crippen molar-refractivity contribution < 1.29 is 29.3 Å². The van der Waals surface area contributed by atoms with Crippen molar-refractivity contribution in [2.24, 2.45) is 17.8 Å². The molecule has 7 rings (SSSR count). The number of carbonyl (C=O) groups excluding carboxylic acids is 1. The molecule has 6 atom stereocenters. The third-order valence-electron chi connectivity index (χ3n) is 11.4. The van der Waals surface area contributed by atoms with Crippen LogP contribution in [0.1, 0.15) is 68.1 Å². The van der Waals surface area contributed by atoms with E-state index >= 15 is 0 Å². The quantitative estimate of drug-likeness (QED) is 0.453. The number of aryl methyl sites for hydroxylation is 1. The van der Waals surface area contributed by atoms with Gasteiger partial charge in [0, 0.05) is 43.7 Å². The van der Waals surface area contributed by atoms with E-state index in [0.29, 0.717) is 43.2 Å². The molecule has 0 radical (unpaired) electrons. The van der Waals surface area contributed by atoms with Crippen LogP contribution in [0.2, 0.25) is 5.02 Å². The molecule has 2 N–H and O–H groups in total. The lowest BCUT2D eigenvalue weighted by Crippen LogP contribution is -2.50.